The molecule has 2 N–H and O–H groups in total. The highest BCUT2D eigenvalue weighted by Crippen LogP contribution is 2.18. The van der Waals surface area contributed by atoms with Crippen LogP contribution in [0.2, 0.25) is 0 Å². The third-order valence-corrected chi connectivity index (χ3v) is 4.99. The van der Waals surface area contributed by atoms with Crippen LogP contribution in [0.4, 0.5) is 0 Å². The van der Waals surface area contributed by atoms with Crippen LogP contribution in [-0.4, -0.2) is 32.8 Å². The molecule has 20 heavy (non-hydrogen) atoms. The molecule has 0 radical (unpaired) electrons. The topological polar surface area (TPSA) is 75.6 Å². The lowest BCUT2D eigenvalue weighted by Crippen LogP contribution is -2.31. The van der Waals surface area contributed by atoms with E-state index in [0.717, 1.165) is 24.8 Å². The van der Waals surface area contributed by atoms with E-state index in [9.17, 15) is 13.5 Å². The largest absolute Gasteiger partial charge is 0.392 e. The Morgan fingerprint density at radius 1 is 1.40 bits per heavy atom. The molecule has 0 amide bonds. The first-order valence-corrected chi connectivity index (χ1v) is 8.39. The van der Waals surface area contributed by atoms with Crippen molar-refractivity contribution in [1.29, 1.82) is 0 Å². The molecule has 1 aromatic carbocycles. The molecule has 1 atom stereocenters. The van der Waals surface area contributed by atoms with Crippen LogP contribution in [0.15, 0.2) is 23.1 Å². The van der Waals surface area contributed by atoms with Crippen molar-refractivity contribution in [3.8, 4) is 0 Å². The number of hydrogen-bond acceptors (Lipinski definition) is 4. The molecule has 1 fully saturated rings. The fourth-order valence-electron chi connectivity index (χ4n) is 2.35. The van der Waals surface area contributed by atoms with Gasteiger partial charge in [-0.3, -0.25) is 0 Å². The van der Waals surface area contributed by atoms with Gasteiger partial charge >= 0.3 is 0 Å². The number of aryl methyl sites for hydroxylation is 1. The molecular weight excluding hydrogens is 278 g/mol. The number of benzene rings is 1. The van der Waals surface area contributed by atoms with Gasteiger partial charge in [0.15, 0.2) is 0 Å². The number of hydrogen-bond donors (Lipinski definition) is 2. The standard InChI is InChI=1S/C14H21NO4S/c1-2-11-5-6-14(8-12(11)10-16)20(17,18)15-9-13-4-3-7-19-13/h5-6,8,13,15-16H,2-4,7,9-10H2,1H3. The molecule has 112 valence electrons. The van der Waals surface area contributed by atoms with Gasteiger partial charge in [-0.15, -0.1) is 0 Å². The van der Waals surface area contributed by atoms with E-state index < -0.39 is 10.0 Å². The van der Waals surface area contributed by atoms with Gasteiger partial charge in [0.05, 0.1) is 17.6 Å². The van der Waals surface area contributed by atoms with E-state index in [1.807, 2.05) is 6.92 Å². The Bertz CT molecular complexity index is 550. The maximum absolute atomic E-state index is 12.2. The zero-order valence-electron chi connectivity index (χ0n) is 11.6. The first-order valence-electron chi connectivity index (χ1n) is 6.90. The van der Waals surface area contributed by atoms with Gasteiger partial charge < -0.3 is 9.84 Å². The van der Waals surface area contributed by atoms with E-state index in [1.165, 1.54) is 6.07 Å². The number of aliphatic hydroxyl groups is 1. The van der Waals surface area contributed by atoms with Crippen LogP contribution in [0.5, 0.6) is 0 Å². The Hall–Kier alpha value is -0.950. The van der Waals surface area contributed by atoms with E-state index >= 15 is 0 Å². The quantitative estimate of drug-likeness (QED) is 0.827. The van der Waals surface area contributed by atoms with Gasteiger partial charge in [0.2, 0.25) is 10.0 Å². The summed E-state index contributed by atoms with van der Waals surface area (Å²) in [5, 5.41) is 9.31. The molecule has 2 rings (SSSR count). The predicted molar refractivity (Wildman–Crippen MR) is 75.9 cm³/mol. The summed E-state index contributed by atoms with van der Waals surface area (Å²) in [5.41, 5.74) is 1.62. The number of ether oxygens (including phenoxy) is 1. The molecule has 0 saturated carbocycles. The molecule has 0 aromatic heterocycles. The van der Waals surface area contributed by atoms with Crippen molar-refractivity contribution in [3.05, 3.63) is 29.3 Å². The van der Waals surface area contributed by atoms with Gasteiger partial charge in [0.25, 0.3) is 0 Å². The summed E-state index contributed by atoms with van der Waals surface area (Å²) in [7, 11) is -3.55. The fraction of sp³-hybridized carbons (Fsp3) is 0.571. The van der Waals surface area contributed by atoms with Crippen LogP contribution in [0.3, 0.4) is 0 Å². The third kappa shape index (κ3) is 3.58. The average Bonchev–Trinajstić information content (AvgIpc) is 2.97. The second-order valence-corrected chi connectivity index (χ2v) is 6.70. The Balaban J connectivity index is 2.11. The summed E-state index contributed by atoms with van der Waals surface area (Å²) in [5.74, 6) is 0. The molecule has 5 nitrogen and oxygen atoms in total. The van der Waals surface area contributed by atoms with Gasteiger partial charge in [0.1, 0.15) is 0 Å². The lowest BCUT2D eigenvalue weighted by molar-refractivity contribution is 0.114. The van der Waals surface area contributed by atoms with Crippen molar-refractivity contribution in [2.45, 2.75) is 43.8 Å². The second kappa shape index (κ2) is 6.67. The van der Waals surface area contributed by atoms with Crippen molar-refractivity contribution in [3.63, 3.8) is 0 Å². The molecule has 1 unspecified atom stereocenters. The Morgan fingerprint density at radius 2 is 2.20 bits per heavy atom. The van der Waals surface area contributed by atoms with Crippen LogP contribution in [-0.2, 0) is 27.8 Å². The molecule has 1 aliphatic heterocycles. The molecule has 0 spiro atoms. The number of rotatable bonds is 6. The second-order valence-electron chi connectivity index (χ2n) is 4.93. The average molecular weight is 299 g/mol. The number of sulfonamides is 1. The summed E-state index contributed by atoms with van der Waals surface area (Å²) in [6.45, 7) is 2.81. The van der Waals surface area contributed by atoms with Gasteiger partial charge in [0, 0.05) is 13.2 Å². The minimum absolute atomic E-state index is 0.0306. The lowest BCUT2D eigenvalue weighted by Gasteiger charge is -2.13. The molecule has 1 aliphatic rings. The van der Waals surface area contributed by atoms with Crippen molar-refractivity contribution in [1.82, 2.24) is 4.72 Å². The van der Waals surface area contributed by atoms with E-state index in [4.69, 9.17) is 4.74 Å². The first-order chi connectivity index (χ1) is 9.56. The van der Waals surface area contributed by atoms with E-state index in [2.05, 4.69) is 4.72 Å². The van der Waals surface area contributed by atoms with Gasteiger partial charge in [-0.05, 0) is 42.5 Å². The summed E-state index contributed by atoms with van der Waals surface area (Å²) >= 11 is 0. The molecule has 1 saturated heterocycles. The smallest absolute Gasteiger partial charge is 0.240 e. The number of aliphatic hydroxyl groups excluding tert-OH is 1. The Kier molecular flexibility index (Phi) is 5.15. The highest BCUT2D eigenvalue weighted by atomic mass is 32.2. The fourth-order valence-corrected chi connectivity index (χ4v) is 3.47. The van der Waals surface area contributed by atoms with Crippen molar-refractivity contribution >= 4 is 10.0 Å². The Morgan fingerprint density at radius 3 is 2.80 bits per heavy atom. The lowest BCUT2D eigenvalue weighted by atomic mass is 10.1. The van der Waals surface area contributed by atoms with Gasteiger partial charge in [-0.25, -0.2) is 13.1 Å². The summed E-state index contributed by atoms with van der Waals surface area (Å²) in [4.78, 5) is 0.191. The van der Waals surface area contributed by atoms with E-state index in [-0.39, 0.29) is 17.6 Å². The molecule has 0 aliphatic carbocycles. The molecule has 0 bridgehead atoms. The molecule has 6 heteroatoms. The molecule has 1 aromatic rings. The van der Waals surface area contributed by atoms with Crippen molar-refractivity contribution < 1.29 is 18.3 Å². The Labute approximate surface area is 120 Å². The summed E-state index contributed by atoms with van der Waals surface area (Å²) in [6, 6.07) is 4.87. The monoisotopic (exact) mass is 299 g/mol. The predicted octanol–water partition coefficient (Wildman–Crippen LogP) is 1.20. The molecule has 1 heterocycles. The maximum atomic E-state index is 12.2. The summed E-state index contributed by atoms with van der Waals surface area (Å²) in [6.07, 6.45) is 2.60. The van der Waals surface area contributed by atoms with Crippen LogP contribution >= 0.6 is 0 Å². The van der Waals surface area contributed by atoms with E-state index in [1.54, 1.807) is 12.1 Å². The van der Waals surface area contributed by atoms with Crippen LogP contribution in [0.25, 0.3) is 0 Å². The van der Waals surface area contributed by atoms with Gasteiger partial charge in [-0.1, -0.05) is 13.0 Å². The van der Waals surface area contributed by atoms with Crippen molar-refractivity contribution in [2.75, 3.05) is 13.2 Å². The molecular formula is C14H21NO4S. The number of nitrogens with one attached hydrogen (secondary N) is 1. The minimum Gasteiger partial charge on any atom is -0.392 e. The zero-order chi connectivity index (χ0) is 14.6. The highest BCUT2D eigenvalue weighted by molar-refractivity contribution is 7.89. The summed E-state index contributed by atoms with van der Waals surface area (Å²) < 4.78 is 32.4. The minimum atomic E-state index is -3.55. The first kappa shape index (κ1) is 15.4. The van der Waals surface area contributed by atoms with Crippen molar-refractivity contribution in [2.24, 2.45) is 0 Å². The van der Waals surface area contributed by atoms with Gasteiger partial charge in [-0.2, -0.15) is 0 Å². The SMILES string of the molecule is CCc1ccc(S(=O)(=O)NCC2CCCO2)cc1CO. The maximum Gasteiger partial charge on any atom is 0.240 e. The van der Waals surface area contributed by atoms with Crippen LogP contribution in [0.1, 0.15) is 30.9 Å². The zero-order valence-corrected chi connectivity index (χ0v) is 12.4. The normalized spacial score (nSPS) is 19.4. The van der Waals surface area contributed by atoms with Crippen LogP contribution in [0, 0.1) is 0 Å². The third-order valence-electron chi connectivity index (χ3n) is 3.56. The van der Waals surface area contributed by atoms with E-state index in [0.29, 0.717) is 18.7 Å². The van der Waals surface area contributed by atoms with Crippen LogP contribution < -0.4 is 4.72 Å². The highest BCUT2D eigenvalue weighted by Gasteiger charge is 2.20.